The van der Waals surface area contributed by atoms with Gasteiger partial charge in [0.15, 0.2) is 0 Å². The van der Waals surface area contributed by atoms with E-state index in [0.717, 1.165) is 30.4 Å². The molecular formula is C12H17ClN2O. The van der Waals surface area contributed by atoms with Crippen LogP contribution >= 0.6 is 11.6 Å². The lowest BCUT2D eigenvalue weighted by molar-refractivity contribution is -0.0707. The lowest BCUT2D eigenvalue weighted by Crippen LogP contribution is -2.44. The predicted octanol–water partition coefficient (Wildman–Crippen LogP) is 2.34. The molecular weight excluding hydrogens is 224 g/mol. The van der Waals surface area contributed by atoms with Crippen molar-refractivity contribution in [2.45, 2.75) is 32.6 Å². The molecule has 0 aromatic carbocycles. The fraction of sp³-hybridized carbons (Fsp3) is 0.583. The van der Waals surface area contributed by atoms with E-state index in [1.54, 1.807) is 12.3 Å². The van der Waals surface area contributed by atoms with Gasteiger partial charge in [-0.1, -0.05) is 11.6 Å². The number of rotatable bonds is 2. The summed E-state index contributed by atoms with van der Waals surface area (Å²) in [6, 6.07) is 3.72. The molecule has 0 spiro atoms. The third-order valence-electron chi connectivity index (χ3n) is 2.66. The van der Waals surface area contributed by atoms with Gasteiger partial charge >= 0.3 is 0 Å². The minimum Gasteiger partial charge on any atom is -0.373 e. The van der Waals surface area contributed by atoms with Crippen molar-refractivity contribution in [3.05, 3.63) is 29.0 Å². The topological polar surface area (TPSA) is 25.4 Å². The molecule has 1 saturated heterocycles. The molecule has 0 bridgehead atoms. The maximum Gasteiger partial charge on any atom is 0.0678 e. The lowest BCUT2D eigenvalue weighted by atomic mass is 10.2. The third kappa shape index (κ3) is 3.17. The molecule has 1 aliphatic heterocycles. The Morgan fingerprint density at radius 1 is 1.44 bits per heavy atom. The summed E-state index contributed by atoms with van der Waals surface area (Å²) < 4.78 is 5.69. The van der Waals surface area contributed by atoms with Gasteiger partial charge in [0, 0.05) is 30.9 Å². The van der Waals surface area contributed by atoms with Gasteiger partial charge in [0.2, 0.25) is 0 Å². The highest BCUT2D eigenvalue weighted by atomic mass is 35.5. The molecule has 0 N–H and O–H groups in total. The molecule has 0 unspecified atom stereocenters. The van der Waals surface area contributed by atoms with Crippen LogP contribution in [-0.4, -0.2) is 35.2 Å². The molecule has 1 aliphatic rings. The summed E-state index contributed by atoms with van der Waals surface area (Å²) in [7, 11) is 0. The molecule has 4 heteroatoms. The Balaban J connectivity index is 1.98. The summed E-state index contributed by atoms with van der Waals surface area (Å²) in [4.78, 5) is 6.68. The highest BCUT2D eigenvalue weighted by Crippen LogP contribution is 2.15. The Kier molecular flexibility index (Phi) is 3.79. The van der Waals surface area contributed by atoms with Gasteiger partial charge in [0.1, 0.15) is 0 Å². The summed E-state index contributed by atoms with van der Waals surface area (Å²) >= 11 is 5.94. The molecule has 0 amide bonds. The number of hydrogen-bond donors (Lipinski definition) is 0. The summed E-state index contributed by atoms with van der Waals surface area (Å²) in [5.41, 5.74) is 1.02. The molecule has 0 radical (unpaired) electrons. The predicted molar refractivity (Wildman–Crippen MR) is 64.5 cm³/mol. The van der Waals surface area contributed by atoms with Gasteiger partial charge in [-0.15, -0.1) is 0 Å². The van der Waals surface area contributed by atoms with Crippen LogP contribution in [0.1, 0.15) is 19.5 Å². The number of pyridine rings is 1. The number of nitrogens with zero attached hydrogens (tertiary/aromatic N) is 2. The van der Waals surface area contributed by atoms with Crippen molar-refractivity contribution in [3.63, 3.8) is 0 Å². The SMILES string of the molecule is C[C@@H]1CN(Cc2cc(Cl)ccn2)C[C@H](C)O1. The second-order valence-electron chi connectivity index (χ2n) is 4.42. The molecule has 0 aliphatic carbocycles. The summed E-state index contributed by atoms with van der Waals surface area (Å²) in [5.74, 6) is 0. The van der Waals surface area contributed by atoms with Gasteiger partial charge in [-0.25, -0.2) is 0 Å². The van der Waals surface area contributed by atoms with Crippen LogP contribution in [0.4, 0.5) is 0 Å². The van der Waals surface area contributed by atoms with Gasteiger partial charge in [-0.05, 0) is 26.0 Å². The number of morpholine rings is 1. The lowest BCUT2D eigenvalue weighted by Gasteiger charge is -2.35. The maximum absolute atomic E-state index is 5.94. The first-order valence-electron chi connectivity index (χ1n) is 5.61. The van der Waals surface area contributed by atoms with Crippen molar-refractivity contribution in [2.75, 3.05) is 13.1 Å². The van der Waals surface area contributed by atoms with E-state index in [4.69, 9.17) is 16.3 Å². The second kappa shape index (κ2) is 5.13. The highest BCUT2D eigenvalue weighted by Gasteiger charge is 2.22. The van der Waals surface area contributed by atoms with E-state index in [-0.39, 0.29) is 0 Å². The van der Waals surface area contributed by atoms with Crippen LogP contribution in [0, 0.1) is 0 Å². The van der Waals surface area contributed by atoms with E-state index in [1.165, 1.54) is 0 Å². The first-order chi connectivity index (χ1) is 7.63. The minimum absolute atomic E-state index is 0.294. The first-order valence-corrected chi connectivity index (χ1v) is 5.99. The molecule has 3 nitrogen and oxygen atoms in total. The summed E-state index contributed by atoms with van der Waals surface area (Å²) in [5, 5.41) is 0.749. The zero-order valence-corrected chi connectivity index (χ0v) is 10.4. The zero-order valence-electron chi connectivity index (χ0n) is 9.69. The van der Waals surface area contributed by atoms with Crippen LogP contribution < -0.4 is 0 Å². The van der Waals surface area contributed by atoms with Crippen LogP contribution in [0.3, 0.4) is 0 Å². The summed E-state index contributed by atoms with van der Waals surface area (Å²) in [6.45, 7) is 6.97. The number of hydrogen-bond acceptors (Lipinski definition) is 3. The van der Waals surface area contributed by atoms with Crippen molar-refractivity contribution in [2.24, 2.45) is 0 Å². The van der Waals surface area contributed by atoms with Crippen molar-refractivity contribution < 1.29 is 4.74 Å². The highest BCUT2D eigenvalue weighted by molar-refractivity contribution is 6.30. The normalized spacial score (nSPS) is 26.9. The van der Waals surface area contributed by atoms with E-state index in [1.807, 2.05) is 6.07 Å². The van der Waals surface area contributed by atoms with E-state index >= 15 is 0 Å². The van der Waals surface area contributed by atoms with Gasteiger partial charge in [0.25, 0.3) is 0 Å². The van der Waals surface area contributed by atoms with E-state index in [0.29, 0.717) is 12.2 Å². The third-order valence-corrected chi connectivity index (χ3v) is 2.89. The standard InChI is InChI=1S/C12H17ClN2O/c1-9-6-15(7-10(2)16-9)8-12-5-11(13)3-4-14-12/h3-5,9-10H,6-8H2,1-2H3/t9-,10+. The van der Waals surface area contributed by atoms with E-state index in [2.05, 4.69) is 23.7 Å². The second-order valence-corrected chi connectivity index (χ2v) is 4.85. The Morgan fingerprint density at radius 3 is 2.75 bits per heavy atom. The molecule has 1 aromatic rings. The average molecular weight is 241 g/mol. The molecule has 2 rings (SSSR count). The van der Waals surface area contributed by atoms with Crippen LogP contribution in [-0.2, 0) is 11.3 Å². The largest absolute Gasteiger partial charge is 0.373 e. The Morgan fingerprint density at radius 2 is 2.12 bits per heavy atom. The quantitative estimate of drug-likeness (QED) is 0.794. The van der Waals surface area contributed by atoms with Crippen molar-refractivity contribution >= 4 is 11.6 Å². The Bertz CT molecular complexity index is 349. The summed E-state index contributed by atoms with van der Waals surface area (Å²) in [6.07, 6.45) is 2.34. The molecule has 16 heavy (non-hydrogen) atoms. The van der Waals surface area contributed by atoms with Gasteiger partial charge in [-0.3, -0.25) is 9.88 Å². The number of halogens is 1. The smallest absolute Gasteiger partial charge is 0.0678 e. The van der Waals surface area contributed by atoms with Crippen LogP contribution in [0.5, 0.6) is 0 Å². The van der Waals surface area contributed by atoms with Gasteiger partial charge < -0.3 is 4.74 Å². The maximum atomic E-state index is 5.94. The molecule has 2 atom stereocenters. The molecule has 1 aromatic heterocycles. The molecule has 88 valence electrons. The zero-order chi connectivity index (χ0) is 11.5. The van der Waals surface area contributed by atoms with Crippen LogP contribution in [0.25, 0.3) is 0 Å². The Labute approximate surface area is 101 Å². The molecule has 2 heterocycles. The number of ether oxygens (including phenoxy) is 1. The fourth-order valence-corrected chi connectivity index (χ4v) is 2.36. The van der Waals surface area contributed by atoms with Crippen molar-refractivity contribution in [1.82, 2.24) is 9.88 Å². The van der Waals surface area contributed by atoms with Gasteiger partial charge in [-0.2, -0.15) is 0 Å². The fourth-order valence-electron chi connectivity index (χ4n) is 2.18. The Hall–Kier alpha value is -0.640. The van der Waals surface area contributed by atoms with Crippen LogP contribution in [0.15, 0.2) is 18.3 Å². The van der Waals surface area contributed by atoms with Crippen molar-refractivity contribution in [1.29, 1.82) is 0 Å². The van der Waals surface area contributed by atoms with Crippen LogP contribution in [0.2, 0.25) is 5.02 Å². The number of aromatic nitrogens is 1. The molecule has 1 fully saturated rings. The molecule has 0 saturated carbocycles. The van der Waals surface area contributed by atoms with E-state index in [9.17, 15) is 0 Å². The van der Waals surface area contributed by atoms with Gasteiger partial charge in [0.05, 0.1) is 17.9 Å². The minimum atomic E-state index is 0.294. The average Bonchev–Trinajstić information content (AvgIpc) is 2.15. The first kappa shape index (κ1) is 11.8. The van der Waals surface area contributed by atoms with E-state index < -0.39 is 0 Å². The van der Waals surface area contributed by atoms with Crippen molar-refractivity contribution in [3.8, 4) is 0 Å². The monoisotopic (exact) mass is 240 g/mol.